The number of hydrogen-bond acceptors (Lipinski definition) is 6. The zero-order valence-electron chi connectivity index (χ0n) is 20.1. The van der Waals surface area contributed by atoms with Crippen LogP contribution >= 0.6 is 0 Å². The van der Waals surface area contributed by atoms with Crippen LogP contribution in [0.25, 0.3) is 0 Å². The van der Waals surface area contributed by atoms with Crippen LogP contribution in [0, 0.1) is 11.3 Å². The van der Waals surface area contributed by atoms with Crippen LogP contribution in [-0.2, 0) is 31.7 Å². The predicted octanol–water partition coefficient (Wildman–Crippen LogP) is 5.17. The molecule has 0 aromatic heterocycles. The van der Waals surface area contributed by atoms with Gasteiger partial charge < -0.3 is 19.9 Å². The van der Waals surface area contributed by atoms with Gasteiger partial charge >= 0.3 is 18.1 Å². The molecule has 2 aromatic carbocycles. The first kappa shape index (κ1) is 27.8. The fourth-order valence-corrected chi connectivity index (χ4v) is 4.50. The van der Waals surface area contributed by atoms with E-state index in [0.29, 0.717) is 11.3 Å². The second kappa shape index (κ2) is 11.3. The van der Waals surface area contributed by atoms with E-state index in [1.165, 1.54) is 25.3 Å². The third-order valence-corrected chi connectivity index (χ3v) is 6.43. The summed E-state index contributed by atoms with van der Waals surface area (Å²) in [6, 6.07) is 10.2. The van der Waals surface area contributed by atoms with Crippen molar-refractivity contribution in [2.75, 3.05) is 27.1 Å². The summed E-state index contributed by atoms with van der Waals surface area (Å²) < 4.78 is 56.8. The van der Waals surface area contributed by atoms with Gasteiger partial charge in [-0.25, -0.2) is 0 Å². The molecule has 0 aliphatic carbocycles. The fourth-order valence-electron chi connectivity index (χ4n) is 4.50. The highest BCUT2D eigenvalue weighted by Crippen LogP contribution is 2.46. The van der Waals surface area contributed by atoms with Crippen LogP contribution in [0.3, 0.4) is 0 Å². The molecule has 2 aromatic rings. The monoisotopic (exact) mass is 493 g/mol. The summed E-state index contributed by atoms with van der Waals surface area (Å²) in [4.78, 5) is 26.1. The lowest BCUT2D eigenvalue weighted by Crippen LogP contribution is -2.48. The quantitative estimate of drug-likeness (QED) is 0.213. The van der Waals surface area contributed by atoms with Gasteiger partial charge in [0, 0.05) is 5.69 Å². The SMILES string of the molecule is C=CCC(C(=O)OC)(C(=O)OC)C(C)C(Cc1c(N)cccc1C(F)(F)F)c1ccc(OC)cc1. The van der Waals surface area contributed by atoms with Crippen LogP contribution in [0.2, 0.25) is 0 Å². The number of nitrogen functional groups attached to an aromatic ring is 1. The maximum absolute atomic E-state index is 13.9. The number of ether oxygens (including phenoxy) is 3. The molecule has 0 saturated heterocycles. The van der Waals surface area contributed by atoms with Crippen LogP contribution < -0.4 is 10.5 Å². The highest BCUT2D eigenvalue weighted by Gasteiger charge is 2.54. The number of nitrogens with two attached hydrogens (primary N) is 1. The van der Waals surface area contributed by atoms with Gasteiger partial charge in [0.05, 0.1) is 26.9 Å². The fraction of sp³-hybridized carbons (Fsp3) is 0.385. The first-order valence-electron chi connectivity index (χ1n) is 10.8. The molecule has 9 heteroatoms. The van der Waals surface area contributed by atoms with E-state index in [2.05, 4.69) is 6.58 Å². The Morgan fingerprint density at radius 3 is 2.06 bits per heavy atom. The van der Waals surface area contributed by atoms with Gasteiger partial charge in [0.15, 0.2) is 5.41 Å². The predicted molar refractivity (Wildman–Crippen MR) is 126 cm³/mol. The number of alkyl halides is 3. The summed E-state index contributed by atoms with van der Waals surface area (Å²) >= 11 is 0. The van der Waals surface area contributed by atoms with Gasteiger partial charge in [0.2, 0.25) is 0 Å². The lowest BCUT2D eigenvalue weighted by molar-refractivity contribution is -0.174. The summed E-state index contributed by atoms with van der Waals surface area (Å²) in [6.07, 6.45) is -3.62. The number of carbonyl (C=O) groups is 2. The number of benzene rings is 2. The number of rotatable bonds is 10. The van der Waals surface area contributed by atoms with Crippen molar-refractivity contribution in [1.29, 1.82) is 0 Å². The first-order valence-corrected chi connectivity index (χ1v) is 10.8. The molecule has 0 amide bonds. The Labute approximate surface area is 202 Å². The molecule has 0 saturated carbocycles. The van der Waals surface area contributed by atoms with Crippen molar-refractivity contribution < 1.29 is 37.0 Å². The Balaban J connectivity index is 2.79. The molecular weight excluding hydrogens is 463 g/mol. The Kier molecular flexibility index (Phi) is 8.95. The number of carbonyl (C=O) groups excluding carboxylic acids is 2. The molecule has 2 N–H and O–H groups in total. The summed E-state index contributed by atoms with van der Waals surface area (Å²) in [5.41, 5.74) is 3.68. The molecule has 0 aliphatic rings. The van der Waals surface area contributed by atoms with Gasteiger partial charge in [-0.05, 0) is 60.1 Å². The molecule has 0 aliphatic heterocycles. The Hall–Kier alpha value is -3.49. The Morgan fingerprint density at radius 2 is 1.60 bits per heavy atom. The molecule has 0 radical (unpaired) electrons. The summed E-state index contributed by atoms with van der Waals surface area (Å²) in [5.74, 6) is -2.85. The second-order valence-corrected chi connectivity index (χ2v) is 8.19. The third-order valence-electron chi connectivity index (χ3n) is 6.43. The lowest BCUT2D eigenvalue weighted by atomic mass is 9.64. The number of allylic oxidation sites excluding steroid dienone is 1. The maximum Gasteiger partial charge on any atom is 0.416 e. The minimum absolute atomic E-state index is 0.0454. The van der Waals surface area contributed by atoms with Gasteiger partial charge in [0.1, 0.15) is 5.75 Å². The van der Waals surface area contributed by atoms with E-state index in [1.54, 1.807) is 31.2 Å². The average Bonchev–Trinajstić information content (AvgIpc) is 2.84. The number of methoxy groups -OCH3 is 3. The van der Waals surface area contributed by atoms with Crippen molar-refractivity contribution in [1.82, 2.24) is 0 Å². The molecule has 2 unspecified atom stereocenters. The van der Waals surface area contributed by atoms with Gasteiger partial charge in [-0.1, -0.05) is 31.2 Å². The van der Waals surface area contributed by atoms with Crippen molar-refractivity contribution in [2.24, 2.45) is 11.3 Å². The normalized spacial score (nSPS) is 13.5. The molecule has 0 spiro atoms. The van der Waals surface area contributed by atoms with Crippen molar-refractivity contribution >= 4 is 17.6 Å². The molecule has 0 heterocycles. The average molecular weight is 494 g/mol. The molecule has 35 heavy (non-hydrogen) atoms. The smallest absolute Gasteiger partial charge is 0.416 e. The van der Waals surface area contributed by atoms with E-state index < -0.39 is 40.9 Å². The minimum atomic E-state index is -4.65. The molecule has 190 valence electrons. The van der Waals surface area contributed by atoms with Gasteiger partial charge in [0.25, 0.3) is 0 Å². The first-order chi connectivity index (χ1) is 16.5. The van der Waals surface area contributed by atoms with Crippen LogP contribution in [0.1, 0.15) is 36.0 Å². The minimum Gasteiger partial charge on any atom is -0.497 e. The summed E-state index contributed by atoms with van der Waals surface area (Å²) in [7, 11) is 3.75. The zero-order valence-corrected chi connectivity index (χ0v) is 20.1. The Morgan fingerprint density at radius 1 is 1.03 bits per heavy atom. The zero-order chi connectivity index (χ0) is 26.4. The molecule has 0 fully saturated rings. The van der Waals surface area contributed by atoms with E-state index in [9.17, 15) is 22.8 Å². The molecule has 0 bridgehead atoms. The molecule has 6 nitrogen and oxygen atoms in total. The van der Waals surface area contributed by atoms with Crippen molar-refractivity contribution in [3.05, 3.63) is 71.8 Å². The van der Waals surface area contributed by atoms with Crippen LogP contribution in [0.15, 0.2) is 55.1 Å². The van der Waals surface area contributed by atoms with Crippen molar-refractivity contribution in [3.8, 4) is 5.75 Å². The van der Waals surface area contributed by atoms with E-state index >= 15 is 0 Å². The van der Waals surface area contributed by atoms with Crippen molar-refractivity contribution in [3.63, 3.8) is 0 Å². The molecule has 2 atom stereocenters. The standard InChI is InChI=1S/C26H30F3NO5/c1-6-14-25(23(31)34-4,24(32)35-5)16(2)19(17-10-12-18(33-3)13-11-17)15-20-21(26(27,28)29)8-7-9-22(20)30/h6-13,16,19H,1,14-15,30H2,2-5H3. The number of hydrogen-bond donors (Lipinski definition) is 1. The lowest BCUT2D eigenvalue weighted by Gasteiger charge is -2.38. The summed E-state index contributed by atoms with van der Waals surface area (Å²) in [6.45, 7) is 5.27. The highest BCUT2D eigenvalue weighted by atomic mass is 19.4. The van der Waals surface area contributed by atoms with E-state index in [0.717, 1.165) is 20.3 Å². The highest BCUT2D eigenvalue weighted by molar-refractivity contribution is 6.00. The van der Waals surface area contributed by atoms with Gasteiger partial charge in [-0.2, -0.15) is 13.2 Å². The second-order valence-electron chi connectivity index (χ2n) is 8.19. The molecular formula is C26H30F3NO5. The largest absolute Gasteiger partial charge is 0.497 e. The number of esters is 2. The Bertz CT molecular complexity index is 1030. The summed E-state index contributed by atoms with van der Waals surface area (Å²) in [5, 5.41) is 0. The number of anilines is 1. The van der Waals surface area contributed by atoms with Crippen molar-refractivity contribution in [2.45, 2.75) is 31.9 Å². The van der Waals surface area contributed by atoms with E-state index in [1.807, 2.05) is 0 Å². The van der Waals surface area contributed by atoms with Gasteiger partial charge in [-0.15, -0.1) is 6.58 Å². The topological polar surface area (TPSA) is 87.9 Å². The van der Waals surface area contributed by atoms with E-state index in [-0.39, 0.29) is 24.1 Å². The van der Waals surface area contributed by atoms with Crippen LogP contribution in [-0.4, -0.2) is 33.3 Å². The van der Waals surface area contributed by atoms with Gasteiger partial charge in [-0.3, -0.25) is 9.59 Å². The maximum atomic E-state index is 13.9. The van der Waals surface area contributed by atoms with Crippen LogP contribution in [0.4, 0.5) is 18.9 Å². The van der Waals surface area contributed by atoms with E-state index in [4.69, 9.17) is 19.9 Å². The number of halogens is 3. The third kappa shape index (κ3) is 5.61. The van der Waals surface area contributed by atoms with Crippen LogP contribution in [0.5, 0.6) is 5.75 Å². The molecule has 2 rings (SSSR count).